The van der Waals surface area contributed by atoms with Crippen LogP contribution in [0.1, 0.15) is 26.7 Å². The van der Waals surface area contributed by atoms with Gasteiger partial charge in [0.05, 0.1) is 6.07 Å². The lowest BCUT2D eigenvalue weighted by Crippen LogP contribution is -2.47. The van der Waals surface area contributed by atoms with Gasteiger partial charge in [-0.2, -0.15) is 5.26 Å². The van der Waals surface area contributed by atoms with Gasteiger partial charge in [0.1, 0.15) is 5.54 Å². The first-order chi connectivity index (χ1) is 6.21. The normalized spacial score (nSPS) is 20.0. The Morgan fingerprint density at radius 3 is 1.92 bits per heavy atom. The molecule has 1 rings (SSSR count). The van der Waals surface area contributed by atoms with Crippen LogP contribution in [-0.2, 0) is 4.74 Å². The molecule has 0 amide bonds. The number of nitrogens with zero attached hydrogens (tertiary/aromatic N) is 2. The van der Waals surface area contributed by atoms with E-state index in [9.17, 15) is 0 Å². The molecule has 0 unspecified atom stereocenters. The topological polar surface area (TPSA) is 36.3 Å². The van der Waals surface area contributed by atoms with Gasteiger partial charge < -0.3 is 4.74 Å². The van der Waals surface area contributed by atoms with Gasteiger partial charge in [-0.1, -0.05) is 13.8 Å². The van der Waals surface area contributed by atoms with E-state index in [4.69, 9.17) is 10.00 Å². The number of ether oxygens (including phenoxy) is 1. The number of rotatable bonds is 1. The van der Waals surface area contributed by atoms with Crippen LogP contribution in [0.25, 0.3) is 0 Å². The molecule has 76 valence electrons. The summed E-state index contributed by atoms with van der Waals surface area (Å²) in [6.07, 6.45) is 1.66. The highest BCUT2D eigenvalue weighted by molar-refractivity contribution is 5.07. The lowest BCUT2D eigenvalue weighted by molar-refractivity contribution is 0.0206. The summed E-state index contributed by atoms with van der Waals surface area (Å²) in [6.45, 7) is 5.43. The highest BCUT2D eigenvalue weighted by atomic mass is 16.5. The minimum absolute atomic E-state index is 0.266. The molecule has 0 aromatic heterocycles. The minimum Gasteiger partial charge on any atom is -0.381 e. The Labute approximate surface area is 81.3 Å². The Kier molecular flexibility index (Phi) is 5.68. The standard InChI is InChI=1S/C8H14N2O.C2H6/c1-10(2)8(7-9)3-5-11-6-4-8;1-2/h3-6H2,1-2H3;1-2H3. The van der Waals surface area contributed by atoms with Crippen molar-refractivity contribution in [1.29, 1.82) is 5.26 Å². The van der Waals surface area contributed by atoms with Gasteiger partial charge in [-0.3, -0.25) is 4.90 Å². The highest BCUT2D eigenvalue weighted by Crippen LogP contribution is 2.24. The van der Waals surface area contributed by atoms with E-state index >= 15 is 0 Å². The largest absolute Gasteiger partial charge is 0.381 e. The molecule has 0 spiro atoms. The van der Waals surface area contributed by atoms with Gasteiger partial charge in [0.2, 0.25) is 0 Å². The third-order valence-corrected chi connectivity index (χ3v) is 2.38. The van der Waals surface area contributed by atoms with Crippen molar-refractivity contribution in [2.24, 2.45) is 0 Å². The number of hydrogen-bond acceptors (Lipinski definition) is 3. The van der Waals surface area contributed by atoms with Crippen molar-refractivity contribution in [2.75, 3.05) is 27.3 Å². The quantitative estimate of drug-likeness (QED) is 0.621. The van der Waals surface area contributed by atoms with Crippen LogP contribution in [0.15, 0.2) is 0 Å². The molecule has 0 aromatic carbocycles. The van der Waals surface area contributed by atoms with Gasteiger partial charge >= 0.3 is 0 Å². The summed E-state index contributed by atoms with van der Waals surface area (Å²) < 4.78 is 5.20. The monoisotopic (exact) mass is 184 g/mol. The van der Waals surface area contributed by atoms with Crippen molar-refractivity contribution in [3.8, 4) is 6.07 Å². The summed E-state index contributed by atoms with van der Waals surface area (Å²) in [4.78, 5) is 2.00. The molecular formula is C10H20N2O. The zero-order valence-corrected chi connectivity index (χ0v) is 9.13. The maximum Gasteiger partial charge on any atom is 0.113 e. The highest BCUT2D eigenvalue weighted by Gasteiger charge is 2.34. The van der Waals surface area contributed by atoms with Crippen LogP contribution in [0.3, 0.4) is 0 Å². The van der Waals surface area contributed by atoms with Crippen LogP contribution >= 0.6 is 0 Å². The molecule has 1 heterocycles. The molecule has 1 saturated heterocycles. The first-order valence-electron chi connectivity index (χ1n) is 4.88. The molecule has 0 atom stereocenters. The molecular weight excluding hydrogens is 164 g/mol. The molecule has 0 aliphatic carbocycles. The van der Waals surface area contributed by atoms with Gasteiger partial charge in [-0.25, -0.2) is 0 Å². The third-order valence-electron chi connectivity index (χ3n) is 2.38. The lowest BCUT2D eigenvalue weighted by atomic mass is 9.91. The first kappa shape index (κ1) is 12.4. The Balaban J connectivity index is 0.000000671. The SMILES string of the molecule is CC.CN(C)C1(C#N)CCOCC1. The second-order valence-corrected chi connectivity index (χ2v) is 3.15. The molecule has 0 saturated carbocycles. The lowest BCUT2D eigenvalue weighted by Gasteiger charge is -2.36. The Bertz CT molecular complexity index is 166. The maximum absolute atomic E-state index is 8.96. The van der Waals surface area contributed by atoms with E-state index in [1.165, 1.54) is 0 Å². The molecule has 3 heteroatoms. The van der Waals surface area contributed by atoms with E-state index in [1.807, 2.05) is 32.8 Å². The summed E-state index contributed by atoms with van der Waals surface area (Å²) in [7, 11) is 3.91. The van der Waals surface area contributed by atoms with Crippen LogP contribution < -0.4 is 0 Å². The zero-order valence-electron chi connectivity index (χ0n) is 9.13. The third kappa shape index (κ3) is 2.98. The van der Waals surface area contributed by atoms with Gasteiger partial charge in [0, 0.05) is 26.1 Å². The number of hydrogen-bond donors (Lipinski definition) is 0. The van der Waals surface area contributed by atoms with Crippen molar-refractivity contribution in [3.05, 3.63) is 0 Å². The zero-order chi connectivity index (χ0) is 10.3. The predicted octanol–water partition coefficient (Wildman–Crippen LogP) is 1.65. The average molecular weight is 184 g/mol. The van der Waals surface area contributed by atoms with Gasteiger partial charge in [0.25, 0.3) is 0 Å². The van der Waals surface area contributed by atoms with Crippen LogP contribution in [0.4, 0.5) is 0 Å². The van der Waals surface area contributed by atoms with Gasteiger partial charge in [0.15, 0.2) is 0 Å². The van der Waals surface area contributed by atoms with Gasteiger partial charge in [-0.05, 0) is 14.1 Å². The fraction of sp³-hybridized carbons (Fsp3) is 0.900. The van der Waals surface area contributed by atoms with Crippen molar-refractivity contribution in [3.63, 3.8) is 0 Å². The molecule has 1 aliphatic rings. The van der Waals surface area contributed by atoms with Crippen LogP contribution in [0, 0.1) is 11.3 Å². The molecule has 13 heavy (non-hydrogen) atoms. The summed E-state index contributed by atoms with van der Waals surface area (Å²) >= 11 is 0. The van der Waals surface area contributed by atoms with Crippen molar-refractivity contribution in [1.82, 2.24) is 4.90 Å². The molecule has 0 N–H and O–H groups in total. The van der Waals surface area contributed by atoms with E-state index in [2.05, 4.69) is 6.07 Å². The summed E-state index contributed by atoms with van der Waals surface area (Å²) in [5, 5.41) is 8.96. The van der Waals surface area contributed by atoms with Crippen molar-refractivity contribution in [2.45, 2.75) is 32.2 Å². The molecule has 3 nitrogen and oxygen atoms in total. The van der Waals surface area contributed by atoms with Crippen LogP contribution in [0.5, 0.6) is 0 Å². The Morgan fingerprint density at radius 2 is 1.69 bits per heavy atom. The Morgan fingerprint density at radius 1 is 1.23 bits per heavy atom. The fourth-order valence-electron chi connectivity index (χ4n) is 1.37. The summed E-state index contributed by atoms with van der Waals surface area (Å²) in [5.74, 6) is 0. The molecule has 1 fully saturated rings. The smallest absolute Gasteiger partial charge is 0.113 e. The second-order valence-electron chi connectivity index (χ2n) is 3.15. The van der Waals surface area contributed by atoms with E-state index < -0.39 is 0 Å². The predicted molar refractivity (Wildman–Crippen MR) is 53.4 cm³/mol. The summed E-state index contributed by atoms with van der Waals surface area (Å²) in [6, 6.07) is 2.36. The van der Waals surface area contributed by atoms with E-state index in [0.29, 0.717) is 13.2 Å². The Hall–Kier alpha value is -0.590. The van der Waals surface area contributed by atoms with Crippen molar-refractivity contribution < 1.29 is 4.74 Å². The average Bonchev–Trinajstić information content (AvgIpc) is 2.21. The molecule has 0 aromatic rings. The maximum atomic E-state index is 8.96. The first-order valence-corrected chi connectivity index (χ1v) is 4.88. The summed E-state index contributed by atoms with van der Waals surface area (Å²) in [5.41, 5.74) is -0.266. The second kappa shape index (κ2) is 5.95. The van der Waals surface area contributed by atoms with Gasteiger partial charge in [-0.15, -0.1) is 0 Å². The van der Waals surface area contributed by atoms with Crippen LogP contribution in [0.2, 0.25) is 0 Å². The molecule has 0 radical (unpaired) electrons. The minimum atomic E-state index is -0.266. The molecule has 0 bridgehead atoms. The van der Waals surface area contributed by atoms with E-state index in [1.54, 1.807) is 0 Å². The van der Waals surface area contributed by atoms with E-state index in [-0.39, 0.29) is 5.54 Å². The molecule has 1 aliphatic heterocycles. The van der Waals surface area contributed by atoms with Crippen LogP contribution in [-0.4, -0.2) is 37.7 Å². The number of nitriles is 1. The van der Waals surface area contributed by atoms with E-state index in [0.717, 1.165) is 12.8 Å². The fourth-order valence-corrected chi connectivity index (χ4v) is 1.37. The van der Waals surface area contributed by atoms with Crippen molar-refractivity contribution >= 4 is 0 Å².